The number of hydrogen-bond donors (Lipinski definition) is 2. The molecule has 0 saturated heterocycles. The normalized spacial score (nSPS) is 11.2. The van der Waals surface area contributed by atoms with Crippen molar-refractivity contribution in [2.75, 3.05) is 5.32 Å². The minimum Gasteiger partial charge on any atom is -0.478 e. The number of pyridine rings is 1. The Labute approximate surface area is 150 Å². The monoisotopic (exact) mass is 340 g/mol. The van der Waals surface area contributed by atoms with Crippen LogP contribution in [0, 0.1) is 0 Å². The second-order valence-corrected chi connectivity index (χ2v) is 5.90. The molecule has 0 aliphatic rings. The van der Waals surface area contributed by atoms with Crippen molar-refractivity contribution >= 4 is 45.2 Å². The summed E-state index contributed by atoms with van der Waals surface area (Å²) in [5.41, 5.74) is 4.42. The van der Waals surface area contributed by atoms with Gasteiger partial charge in [0.15, 0.2) is 0 Å². The van der Waals surface area contributed by atoms with Crippen LogP contribution in [0.3, 0.4) is 0 Å². The van der Waals surface area contributed by atoms with Gasteiger partial charge in [0.1, 0.15) is 0 Å². The highest BCUT2D eigenvalue weighted by Crippen LogP contribution is 2.34. The third-order valence-electron chi connectivity index (χ3n) is 4.21. The van der Waals surface area contributed by atoms with E-state index in [1.165, 1.54) is 0 Å². The fourth-order valence-corrected chi connectivity index (χ4v) is 3.03. The van der Waals surface area contributed by atoms with E-state index in [4.69, 9.17) is 10.1 Å². The second kappa shape index (κ2) is 6.69. The van der Waals surface area contributed by atoms with Crippen LogP contribution in [0.15, 0.2) is 78.9 Å². The number of fused-ring (bicyclic) bond motifs is 2. The number of rotatable bonds is 4. The summed E-state index contributed by atoms with van der Waals surface area (Å²) in [6.45, 7) is 0. The number of nitrogens with one attached hydrogen (secondary N) is 1. The number of hydrogen-bond acceptors (Lipinski definition) is 3. The lowest BCUT2D eigenvalue weighted by atomic mass is 10.1. The molecule has 0 aliphatic heterocycles. The van der Waals surface area contributed by atoms with Crippen molar-refractivity contribution in [3.63, 3.8) is 0 Å². The van der Waals surface area contributed by atoms with Gasteiger partial charge in [-0.15, -0.1) is 0 Å². The maximum absolute atomic E-state index is 10.9. The fraction of sp³-hybridized carbons (Fsp3) is 0. The number of carboxylic acids is 1. The van der Waals surface area contributed by atoms with Crippen LogP contribution >= 0.6 is 0 Å². The highest BCUT2D eigenvalue weighted by molar-refractivity contribution is 6.09. The van der Waals surface area contributed by atoms with Gasteiger partial charge in [-0.05, 0) is 29.8 Å². The molecule has 0 spiro atoms. The Kier molecular flexibility index (Phi) is 4.07. The molecule has 0 amide bonds. The first-order valence-corrected chi connectivity index (χ1v) is 8.27. The van der Waals surface area contributed by atoms with Crippen LogP contribution in [0.5, 0.6) is 0 Å². The Balaban J connectivity index is 1.91. The molecule has 3 aromatic carbocycles. The van der Waals surface area contributed by atoms with Gasteiger partial charge >= 0.3 is 5.97 Å². The van der Waals surface area contributed by atoms with Gasteiger partial charge in [-0.25, -0.2) is 9.78 Å². The third kappa shape index (κ3) is 3.00. The zero-order valence-corrected chi connectivity index (χ0v) is 13.9. The van der Waals surface area contributed by atoms with Crippen molar-refractivity contribution in [2.45, 2.75) is 0 Å². The first kappa shape index (κ1) is 15.8. The van der Waals surface area contributed by atoms with E-state index in [9.17, 15) is 4.79 Å². The van der Waals surface area contributed by atoms with Gasteiger partial charge in [0, 0.05) is 22.5 Å². The second-order valence-electron chi connectivity index (χ2n) is 5.90. The highest BCUT2D eigenvalue weighted by Gasteiger charge is 2.10. The Hall–Kier alpha value is -3.66. The molecule has 0 aliphatic carbocycles. The topological polar surface area (TPSA) is 62.2 Å². The Morgan fingerprint density at radius 2 is 1.42 bits per heavy atom. The van der Waals surface area contributed by atoms with Crippen molar-refractivity contribution in [1.82, 2.24) is 4.98 Å². The summed E-state index contributed by atoms with van der Waals surface area (Å²) in [5, 5.41) is 14.5. The number of carbonyl (C=O) groups is 1. The Bertz CT molecular complexity index is 1100. The van der Waals surface area contributed by atoms with Crippen LogP contribution in [0.1, 0.15) is 5.56 Å². The van der Waals surface area contributed by atoms with Gasteiger partial charge in [0.25, 0.3) is 0 Å². The standard InChI is InChI=1S/C22H16N2O2/c25-21(26)14-13-15-7-1-4-10-18(15)24-22-16-8-2-5-11-19(16)23-20-12-6-3-9-17(20)22/h1-14H,(H,23,24)(H,25,26)/b14-13-. The predicted molar refractivity (Wildman–Crippen MR) is 106 cm³/mol. The first-order chi connectivity index (χ1) is 12.7. The van der Waals surface area contributed by atoms with E-state index >= 15 is 0 Å². The van der Waals surface area contributed by atoms with E-state index in [0.29, 0.717) is 0 Å². The van der Waals surface area contributed by atoms with Gasteiger partial charge in [-0.3, -0.25) is 0 Å². The van der Waals surface area contributed by atoms with Crippen LogP contribution in [0.4, 0.5) is 11.4 Å². The molecule has 4 heteroatoms. The van der Waals surface area contributed by atoms with Crippen LogP contribution in [-0.4, -0.2) is 16.1 Å². The van der Waals surface area contributed by atoms with Gasteiger partial charge in [-0.1, -0.05) is 54.6 Å². The van der Waals surface area contributed by atoms with Crippen molar-refractivity contribution in [2.24, 2.45) is 0 Å². The van der Waals surface area contributed by atoms with E-state index in [2.05, 4.69) is 5.32 Å². The lowest BCUT2D eigenvalue weighted by Gasteiger charge is -2.15. The molecule has 0 unspecified atom stereocenters. The van der Waals surface area contributed by atoms with Gasteiger partial charge in [0.2, 0.25) is 0 Å². The summed E-state index contributed by atoms with van der Waals surface area (Å²) in [5.74, 6) is -0.973. The van der Waals surface area contributed by atoms with Crippen LogP contribution in [-0.2, 0) is 4.79 Å². The minimum atomic E-state index is -0.973. The molecular formula is C22H16N2O2. The predicted octanol–water partition coefficient (Wildman–Crippen LogP) is 5.23. The van der Waals surface area contributed by atoms with Crippen molar-refractivity contribution in [3.8, 4) is 0 Å². The van der Waals surface area contributed by atoms with Crippen molar-refractivity contribution in [3.05, 3.63) is 84.4 Å². The summed E-state index contributed by atoms with van der Waals surface area (Å²) in [6, 6.07) is 23.6. The number of aliphatic carboxylic acids is 1. The SMILES string of the molecule is O=C(O)/C=C\c1ccccc1Nc1c2ccccc2nc2ccccc12. The van der Waals surface area contributed by atoms with E-state index < -0.39 is 5.97 Å². The molecule has 1 aromatic heterocycles. The molecule has 4 nitrogen and oxygen atoms in total. The van der Waals surface area contributed by atoms with Crippen molar-refractivity contribution in [1.29, 1.82) is 0 Å². The summed E-state index contributed by atoms with van der Waals surface area (Å²) in [4.78, 5) is 15.6. The molecule has 0 bridgehead atoms. The maximum atomic E-state index is 10.9. The van der Waals surface area contributed by atoms with Crippen LogP contribution in [0.25, 0.3) is 27.9 Å². The average Bonchev–Trinajstić information content (AvgIpc) is 2.67. The quantitative estimate of drug-likeness (QED) is 0.394. The smallest absolute Gasteiger partial charge is 0.328 e. The molecule has 0 atom stereocenters. The minimum absolute atomic E-state index is 0.805. The first-order valence-electron chi connectivity index (χ1n) is 8.27. The zero-order chi connectivity index (χ0) is 17.9. The Morgan fingerprint density at radius 3 is 2.08 bits per heavy atom. The summed E-state index contributed by atoms with van der Waals surface area (Å²) >= 11 is 0. The lowest BCUT2D eigenvalue weighted by Crippen LogP contribution is -1.97. The van der Waals surface area contributed by atoms with E-state index in [1.54, 1.807) is 6.08 Å². The molecule has 4 rings (SSSR count). The molecule has 126 valence electrons. The largest absolute Gasteiger partial charge is 0.478 e. The molecular weight excluding hydrogens is 324 g/mol. The maximum Gasteiger partial charge on any atom is 0.328 e. The van der Waals surface area contributed by atoms with E-state index in [0.717, 1.165) is 44.8 Å². The molecule has 0 radical (unpaired) electrons. The highest BCUT2D eigenvalue weighted by atomic mass is 16.4. The number of para-hydroxylation sites is 3. The van der Waals surface area contributed by atoms with E-state index in [-0.39, 0.29) is 0 Å². The molecule has 2 N–H and O–H groups in total. The number of benzene rings is 3. The number of aromatic nitrogens is 1. The van der Waals surface area contributed by atoms with Gasteiger partial charge < -0.3 is 10.4 Å². The molecule has 4 aromatic rings. The number of nitrogens with zero attached hydrogens (tertiary/aromatic N) is 1. The zero-order valence-electron chi connectivity index (χ0n) is 13.9. The Morgan fingerprint density at radius 1 is 0.846 bits per heavy atom. The number of carboxylic acid groups (broad SMARTS) is 1. The molecule has 1 heterocycles. The molecule has 0 saturated carbocycles. The summed E-state index contributed by atoms with van der Waals surface area (Å²) in [6.07, 6.45) is 2.74. The number of anilines is 2. The summed E-state index contributed by atoms with van der Waals surface area (Å²) < 4.78 is 0. The van der Waals surface area contributed by atoms with Gasteiger partial charge in [0.05, 0.1) is 16.7 Å². The van der Waals surface area contributed by atoms with E-state index in [1.807, 2.05) is 72.8 Å². The fourth-order valence-electron chi connectivity index (χ4n) is 3.03. The average molecular weight is 340 g/mol. The molecule has 26 heavy (non-hydrogen) atoms. The summed E-state index contributed by atoms with van der Waals surface area (Å²) in [7, 11) is 0. The third-order valence-corrected chi connectivity index (χ3v) is 4.21. The lowest BCUT2D eigenvalue weighted by molar-refractivity contribution is -0.131. The van der Waals surface area contributed by atoms with Crippen LogP contribution < -0.4 is 5.32 Å². The molecule has 0 fully saturated rings. The van der Waals surface area contributed by atoms with Crippen molar-refractivity contribution < 1.29 is 9.90 Å². The van der Waals surface area contributed by atoms with Crippen LogP contribution in [0.2, 0.25) is 0 Å². The van der Waals surface area contributed by atoms with Gasteiger partial charge in [-0.2, -0.15) is 0 Å².